The fourth-order valence-electron chi connectivity index (χ4n) is 1.40. The number of nitrogens with zero attached hydrogens (tertiary/aromatic N) is 3. The molecule has 2 N–H and O–H groups in total. The highest BCUT2D eigenvalue weighted by atomic mass is 127. The number of thioether (sulfide) groups is 1. The first-order valence-electron chi connectivity index (χ1n) is 6.60. The zero-order valence-corrected chi connectivity index (χ0v) is 15.9. The maximum Gasteiger partial charge on any atom is 0.191 e. The molecule has 1 rings (SSSR count). The molecule has 0 aliphatic heterocycles. The number of hydrogen-bond donors (Lipinski definition) is 2. The Balaban J connectivity index is 0.00000361. The lowest BCUT2D eigenvalue weighted by Crippen LogP contribution is -2.39. The quantitative estimate of drug-likeness (QED) is 0.411. The number of hydrogen-bond acceptors (Lipinski definition) is 3. The summed E-state index contributed by atoms with van der Waals surface area (Å²) in [6.45, 7) is 9.88. The van der Waals surface area contributed by atoms with Crippen LogP contribution in [0, 0.1) is 0 Å². The van der Waals surface area contributed by atoms with Crippen molar-refractivity contribution < 1.29 is 0 Å². The third-order valence-electron chi connectivity index (χ3n) is 2.74. The average Bonchev–Trinajstić information content (AvgIpc) is 2.89. The van der Waals surface area contributed by atoms with Crippen LogP contribution in [-0.4, -0.2) is 46.1 Å². The smallest absolute Gasteiger partial charge is 0.191 e. The Kier molecular flexibility index (Phi) is 10.1. The van der Waals surface area contributed by atoms with Gasteiger partial charge in [0.25, 0.3) is 0 Å². The molecule has 7 heteroatoms. The normalized spacial score (nSPS) is 11.9. The van der Waals surface area contributed by atoms with Gasteiger partial charge >= 0.3 is 0 Å². The van der Waals surface area contributed by atoms with Crippen molar-refractivity contribution in [3.05, 3.63) is 18.7 Å². The van der Waals surface area contributed by atoms with E-state index in [2.05, 4.69) is 47.6 Å². The van der Waals surface area contributed by atoms with E-state index in [9.17, 15) is 0 Å². The number of halogens is 1. The molecule has 1 aromatic heterocycles. The summed E-state index contributed by atoms with van der Waals surface area (Å²) in [7, 11) is 0. The second kappa shape index (κ2) is 10.3. The van der Waals surface area contributed by atoms with E-state index in [4.69, 9.17) is 0 Å². The summed E-state index contributed by atoms with van der Waals surface area (Å²) in [4.78, 5) is 8.65. The molecule has 0 fully saturated rings. The van der Waals surface area contributed by atoms with Gasteiger partial charge < -0.3 is 15.2 Å². The van der Waals surface area contributed by atoms with Gasteiger partial charge in [-0.1, -0.05) is 0 Å². The molecular formula is C13H26IN5S. The molecule has 0 saturated heterocycles. The van der Waals surface area contributed by atoms with Gasteiger partial charge in [-0.05, 0) is 27.0 Å². The molecule has 0 atom stereocenters. The minimum absolute atomic E-state index is 0. The summed E-state index contributed by atoms with van der Waals surface area (Å²) in [6.07, 6.45) is 7.69. The van der Waals surface area contributed by atoms with Gasteiger partial charge in [-0.3, -0.25) is 4.99 Å². The topological polar surface area (TPSA) is 54.2 Å². The molecule has 1 heterocycles. The van der Waals surface area contributed by atoms with Crippen molar-refractivity contribution in [2.75, 3.05) is 25.9 Å². The van der Waals surface area contributed by atoms with Gasteiger partial charge in [-0.25, -0.2) is 4.98 Å². The van der Waals surface area contributed by atoms with Gasteiger partial charge in [0.15, 0.2) is 5.96 Å². The fourth-order valence-corrected chi connectivity index (χ4v) is 1.59. The van der Waals surface area contributed by atoms with Crippen LogP contribution in [0.25, 0.3) is 0 Å². The van der Waals surface area contributed by atoms with E-state index in [1.807, 2.05) is 28.9 Å². The second-order valence-electron chi connectivity index (χ2n) is 4.89. The van der Waals surface area contributed by atoms with E-state index in [1.165, 1.54) is 0 Å². The molecule has 0 amide bonds. The summed E-state index contributed by atoms with van der Waals surface area (Å²) in [5.74, 6) is 0.879. The van der Waals surface area contributed by atoms with Crippen molar-refractivity contribution in [3.63, 3.8) is 0 Å². The van der Waals surface area contributed by atoms with Crippen LogP contribution in [-0.2, 0) is 6.54 Å². The van der Waals surface area contributed by atoms with Crippen LogP contribution in [0.2, 0.25) is 0 Å². The maximum atomic E-state index is 4.62. The van der Waals surface area contributed by atoms with Crippen LogP contribution in [0.4, 0.5) is 0 Å². The van der Waals surface area contributed by atoms with Crippen molar-refractivity contribution in [3.8, 4) is 0 Å². The molecule has 0 spiro atoms. The molecule has 0 aromatic carbocycles. The highest BCUT2D eigenvalue weighted by Gasteiger charge is 2.15. The Morgan fingerprint density at radius 3 is 2.70 bits per heavy atom. The van der Waals surface area contributed by atoms with Crippen LogP contribution in [0.5, 0.6) is 0 Å². The summed E-state index contributed by atoms with van der Waals surface area (Å²) in [5.41, 5.74) is 0. The molecule has 0 unspecified atom stereocenters. The monoisotopic (exact) mass is 411 g/mol. The predicted octanol–water partition coefficient (Wildman–Crippen LogP) is 2.20. The molecule has 5 nitrogen and oxygen atoms in total. The van der Waals surface area contributed by atoms with Crippen LogP contribution < -0.4 is 10.6 Å². The van der Waals surface area contributed by atoms with E-state index in [0.29, 0.717) is 0 Å². The Morgan fingerprint density at radius 1 is 1.40 bits per heavy atom. The van der Waals surface area contributed by atoms with Gasteiger partial charge in [0.1, 0.15) is 0 Å². The van der Waals surface area contributed by atoms with Crippen LogP contribution in [0.3, 0.4) is 0 Å². The van der Waals surface area contributed by atoms with Crippen molar-refractivity contribution in [1.29, 1.82) is 0 Å². The molecule has 1 aromatic rings. The highest BCUT2D eigenvalue weighted by molar-refractivity contribution is 14.0. The fraction of sp³-hybridized carbons (Fsp3) is 0.692. The molecule has 0 aliphatic rings. The SMILES string of the molecule is CCNC(=NCC(C)(C)SC)NCCn1ccnc1.I. The van der Waals surface area contributed by atoms with Gasteiger partial charge in [0.05, 0.1) is 12.9 Å². The van der Waals surface area contributed by atoms with Crippen molar-refractivity contribution in [2.45, 2.75) is 32.1 Å². The first kappa shape index (κ1) is 19.6. The zero-order chi connectivity index (χ0) is 14.1. The molecule has 20 heavy (non-hydrogen) atoms. The number of nitrogens with one attached hydrogen (secondary N) is 2. The number of guanidine groups is 1. The van der Waals surface area contributed by atoms with E-state index >= 15 is 0 Å². The van der Waals surface area contributed by atoms with Crippen molar-refractivity contribution in [2.24, 2.45) is 4.99 Å². The number of imidazole rings is 1. The maximum absolute atomic E-state index is 4.62. The summed E-state index contributed by atoms with van der Waals surface area (Å²) in [5, 5.41) is 6.60. The van der Waals surface area contributed by atoms with E-state index in [0.717, 1.165) is 32.1 Å². The average molecular weight is 411 g/mol. The highest BCUT2D eigenvalue weighted by Crippen LogP contribution is 2.20. The van der Waals surface area contributed by atoms with Gasteiger partial charge in [-0.15, -0.1) is 24.0 Å². The first-order chi connectivity index (χ1) is 9.07. The van der Waals surface area contributed by atoms with Crippen LogP contribution >= 0.6 is 35.7 Å². The Hall–Kier alpha value is -0.440. The van der Waals surface area contributed by atoms with E-state index in [1.54, 1.807) is 6.20 Å². The van der Waals surface area contributed by atoms with E-state index < -0.39 is 0 Å². The van der Waals surface area contributed by atoms with Gasteiger partial charge in [-0.2, -0.15) is 11.8 Å². The molecular weight excluding hydrogens is 385 g/mol. The van der Waals surface area contributed by atoms with E-state index in [-0.39, 0.29) is 28.7 Å². The second-order valence-corrected chi connectivity index (χ2v) is 6.40. The molecule has 0 aliphatic carbocycles. The largest absolute Gasteiger partial charge is 0.357 e. The minimum atomic E-state index is 0. The lowest BCUT2D eigenvalue weighted by molar-refractivity contribution is 0.656. The third kappa shape index (κ3) is 7.98. The Labute approximate surface area is 143 Å². The zero-order valence-electron chi connectivity index (χ0n) is 12.7. The van der Waals surface area contributed by atoms with Crippen LogP contribution in [0.15, 0.2) is 23.7 Å². The predicted molar refractivity (Wildman–Crippen MR) is 99.2 cm³/mol. The number of aromatic nitrogens is 2. The lowest BCUT2D eigenvalue weighted by Gasteiger charge is -2.20. The molecule has 0 saturated carbocycles. The third-order valence-corrected chi connectivity index (χ3v) is 3.97. The minimum Gasteiger partial charge on any atom is -0.357 e. The van der Waals surface area contributed by atoms with Crippen molar-refractivity contribution in [1.82, 2.24) is 20.2 Å². The van der Waals surface area contributed by atoms with Gasteiger partial charge in [0, 0.05) is 36.8 Å². The standard InChI is InChI=1S/C13H25N5S.HI/c1-5-15-12(17-10-13(2,3)19-4)16-7-9-18-8-6-14-11-18;/h6,8,11H,5,7,9-10H2,1-4H3,(H2,15,16,17);1H. The summed E-state index contributed by atoms with van der Waals surface area (Å²) < 4.78 is 2.22. The summed E-state index contributed by atoms with van der Waals surface area (Å²) >= 11 is 1.83. The molecule has 0 radical (unpaired) electrons. The Morgan fingerprint density at radius 2 is 2.15 bits per heavy atom. The van der Waals surface area contributed by atoms with Crippen LogP contribution in [0.1, 0.15) is 20.8 Å². The Bertz CT molecular complexity index is 378. The molecule has 0 bridgehead atoms. The number of aliphatic imine (C=N–C) groups is 1. The first-order valence-corrected chi connectivity index (χ1v) is 7.83. The van der Waals surface area contributed by atoms with Gasteiger partial charge in [0.2, 0.25) is 0 Å². The summed E-state index contributed by atoms with van der Waals surface area (Å²) in [6, 6.07) is 0. The number of rotatable bonds is 7. The molecule has 116 valence electrons. The van der Waals surface area contributed by atoms with Crippen molar-refractivity contribution >= 4 is 41.7 Å². The lowest BCUT2D eigenvalue weighted by atomic mass is 10.2.